The van der Waals surface area contributed by atoms with Gasteiger partial charge in [0, 0.05) is 24.2 Å². The van der Waals surface area contributed by atoms with Crippen molar-refractivity contribution in [3.05, 3.63) is 64.7 Å². The Morgan fingerprint density at radius 3 is 2.49 bits per heavy atom. The predicted molar refractivity (Wildman–Crippen MR) is 153 cm³/mol. The van der Waals surface area contributed by atoms with Crippen molar-refractivity contribution in [3.63, 3.8) is 0 Å². The molecule has 2 aromatic carbocycles. The molecule has 0 saturated carbocycles. The summed E-state index contributed by atoms with van der Waals surface area (Å²) < 4.78 is 28.5. The molecule has 9 heteroatoms. The maximum absolute atomic E-state index is 13.6. The van der Waals surface area contributed by atoms with Crippen molar-refractivity contribution in [1.82, 2.24) is 20.3 Å². The van der Waals surface area contributed by atoms with E-state index < -0.39 is 27.5 Å². The molecular formula is C30H42N4O4S. The van der Waals surface area contributed by atoms with E-state index in [0.717, 1.165) is 36.9 Å². The Labute approximate surface area is 233 Å². The van der Waals surface area contributed by atoms with Gasteiger partial charge in [-0.2, -0.15) is 4.31 Å². The van der Waals surface area contributed by atoms with E-state index in [0.29, 0.717) is 0 Å². The van der Waals surface area contributed by atoms with Crippen LogP contribution in [0.4, 0.5) is 0 Å². The highest BCUT2D eigenvalue weighted by molar-refractivity contribution is 7.89. The average Bonchev–Trinajstić information content (AvgIpc) is 2.84. The molecule has 1 aliphatic heterocycles. The first-order valence-corrected chi connectivity index (χ1v) is 15.2. The minimum absolute atomic E-state index is 0.0217. The van der Waals surface area contributed by atoms with Gasteiger partial charge in [0.25, 0.3) is 0 Å². The van der Waals surface area contributed by atoms with E-state index in [9.17, 15) is 18.0 Å². The van der Waals surface area contributed by atoms with Crippen LogP contribution < -0.4 is 16.0 Å². The molecule has 0 spiro atoms. The first-order chi connectivity index (χ1) is 18.1. The molecule has 1 saturated heterocycles. The molecule has 39 heavy (non-hydrogen) atoms. The third kappa shape index (κ3) is 7.07. The first-order valence-electron chi connectivity index (χ1n) is 13.7. The Morgan fingerprint density at radius 1 is 1.13 bits per heavy atom. The standard InChI is InChI=1S/C30H42N4O4S/c1-20-10-13-23(14-11-20)39(37,38)34-19-30(5,6)33-28(36)26(34)17-27(35)32-25-9-7-8-22-16-21(12-15-24(22)25)18-31-29(2,3)4/h10-16,25-26,31H,7-9,17-19H2,1-6H3,(H,32,35)(H,33,36)/t25-,26+/m0/s1. The van der Waals surface area contributed by atoms with Gasteiger partial charge < -0.3 is 16.0 Å². The van der Waals surface area contributed by atoms with Crippen LogP contribution in [0.2, 0.25) is 0 Å². The van der Waals surface area contributed by atoms with Gasteiger partial charge in [-0.05, 0) is 89.6 Å². The van der Waals surface area contributed by atoms with Crippen molar-refractivity contribution in [1.29, 1.82) is 0 Å². The average molecular weight is 555 g/mol. The number of carbonyl (C=O) groups is 2. The Morgan fingerprint density at radius 2 is 1.82 bits per heavy atom. The molecule has 1 heterocycles. The van der Waals surface area contributed by atoms with E-state index in [1.54, 1.807) is 38.1 Å². The summed E-state index contributed by atoms with van der Waals surface area (Å²) in [6.07, 6.45) is 2.45. The van der Waals surface area contributed by atoms with Crippen LogP contribution in [0.1, 0.15) is 82.2 Å². The maximum atomic E-state index is 13.6. The van der Waals surface area contributed by atoms with Crippen LogP contribution >= 0.6 is 0 Å². The Balaban J connectivity index is 1.51. The molecule has 212 valence electrons. The summed E-state index contributed by atoms with van der Waals surface area (Å²) in [5.74, 6) is -0.799. The van der Waals surface area contributed by atoms with E-state index in [4.69, 9.17) is 0 Å². The Kier molecular flexibility index (Phi) is 8.26. The molecule has 0 bridgehead atoms. The molecule has 3 N–H and O–H groups in total. The van der Waals surface area contributed by atoms with Crippen LogP contribution in [0.5, 0.6) is 0 Å². The molecular weight excluding hydrogens is 512 g/mol. The highest BCUT2D eigenvalue weighted by Crippen LogP contribution is 2.32. The highest BCUT2D eigenvalue weighted by Gasteiger charge is 2.45. The third-order valence-electron chi connectivity index (χ3n) is 7.35. The van der Waals surface area contributed by atoms with E-state index in [1.165, 1.54) is 15.4 Å². The zero-order valence-electron chi connectivity index (χ0n) is 23.9. The number of nitrogens with zero attached hydrogens (tertiary/aromatic N) is 1. The summed E-state index contributed by atoms with van der Waals surface area (Å²) in [5.41, 5.74) is 3.71. The normalized spacial score (nSPS) is 21.6. The summed E-state index contributed by atoms with van der Waals surface area (Å²) >= 11 is 0. The maximum Gasteiger partial charge on any atom is 0.243 e. The second kappa shape index (κ2) is 11.0. The van der Waals surface area contributed by atoms with Crippen LogP contribution in [0.25, 0.3) is 0 Å². The second-order valence-electron chi connectivity index (χ2n) is 12.6. The number of amides is 2. The van der Waals surface area contributed by atoms with Gasteiger partial charge in [0.1, 0.15) is 6.04 Å². The first kappa shape index (κ1) is 29.2. The number of benzene rings is 2. The lowest BCUT2D eigenvalue weighted by Crippen LogP contribution is -2.66. The number of rotatable bonds is 7. The van der Waals surface area contributed by atoms with Crippen molar-refractivity contribution < 1.29 is 18.0 Å². The van der Waals surface area contributed by atoms with Gasteiger partial charge in [-0.3, -0.25) is 9.59 Å². The van der Waals surface area contributed by atoms with Crippen LogP contribution in [-0.4, -0.2) is 48.2 Å². The summed E-state index contributed by atoms with van der Waals surface area (Å²) in [5, 5.41) is 9.51. The van der Waals surface area contributed by atoms with Crippen molar-refractivity contribution in [2.45, 2.75) is 102 Å². The summed E-state index contributed by atoms with van der Waals surface area (Å²) in [6, 6.07) is 11.6. The SMILES string of the molecule is Cc1ccc(S(=O)(=O)N2CC(C)(C)NC(=O)[C@H]2CC(=O)N[C@H]2CCCc3cc(CNC(C)(C)C)ccc32)cc1. The zero-order chi connectivity index (χ0) is 28.6. The van der Waals surface area contributed by atoms with Crippen LogP contribution in [-0.2, 0) is 32.6 Å². The van der Waals surface area contributed by atoms with Gasteiger partial charge in [-0.1, -0.05) is 35.9 Å². The highest BCUT2D eigenvalue weighted by atomic mass is 32.2. The number of sulfonamides is 1. The number of aryl methyl sites for hydroxylation is 2. The molecule has 2 aromatic rings. The Hall–Kier alpha value is -2.75. The minimum atomic E-state index is -3.99. The van der Waals surface area contributed by atoms with Crippen molar-refractivity contribution >= 4 is 21.8 Å². The molecule has 2 atom stereocenters. The van der Waals surface area contributed by atoms with Gasteiger partial charge >= 0.3 is 0 Å². The number of fused-ring (bicyclic) bond motifs is 1. The van der Waals surface area contributed by atoms with Crippen molar-refractivity contribution in [2.75, 3.05) is 6.54 Å². The molecule has 1 aliphatic carbocycles. The minimum Gasteiger partial charge on any atom is -0.349 e. The number of hydrogen-bond acceptors (Lipinski definition) is 5. The number of nitrogens with one attached hydrogen (secondary N) is 3. The Bertz CT molecular complexity index is 1330. The lowest BCUT2D eigenvalue weighted by Gasteiger charge is -2.42. The van der Waals surface area contributed by atoms with E-state index in [-0.39, 0.29) is 35.3 Å². The molecule has 2 amide bonds. The summed E-state index contributed by atoms with van der Waals surface area (Å²) in [4.78, 5) is 26.6. The molecule has 0 aromatic heterocycles. The molecule has 2 aliphatic rings. The van der Waals surface area contributed by atoms with Gasteiger partial charge in [0.05, 0.1) is 17.4 Å². The van der Waals surface area contributed by atoms with Gasteiger partial charge in [0.15, 0.2) is 0 Å². The van der Waals surface area contributed by atoms with Gasteiger partial charge in [0.2, 0.25) is 21.8 Å². The van der Waals surface area contributed by atoms with E-state index >= 15 is 0 Å². The van der Waals surface area contributed by atoms with Gasteiger partial charge in [-0.25, -0.2) is 8.42 Å². The molecule has 1 fully saturated rings. The topological polar surface area (TPSA) is 108 Å². The van der Waals surface area contributed by atoms with Crippen molar-refractivity contribution in [2.24, 2.45) is 0 Å². The summed E-state index contributed by atoms with van der Waals surface area (Å²) in [6.45, 7) is 12.7. The monoisotopic (exact) mass is 554 g/mol. The number of hydrogen-bond donors (Lipinski definition) is 3. The smallest absolute Gasteiger partial charge is 0.243 e. The largest absolute Gasteiger partial charge is 0.349 e. The predicted octanol–water partition coefficient (Wildman–Crippen LogP) is 3.73. The fourth-order valence-electron chi connectivity index (χ4n) is 5.30. The molecule has 0 radical (unpaired) electrons. The fourth-order valence-corrected chi connectivity index (χ4v) is 7.05. The lowest BCUT2D eigenvalue weighted by molar-refractivity contribution is -0.134. The van der Waals surface area contributed by atoms with E-state index in [2.05, 4.69) is 54.9 Å². The van der Waals surface area contributed by atoms with Crippen LogP contribution in [0.3, 0.4) is 0 Å². The van der Waals surface area contributed by atoms with Crippen LogP contribution in [0.15, 0.2) is 47.4 Å². The van der Waals surface area contributed by atoms with Crippen molar-refractivity contribution in [3.8, 4) is 0 Å². The summed E-state index contributed by atoms with van der Waals surface area (Å²) in [7, 11) is -3.99. The molecule has 4 rings (SSSR count). The second-order valence-corrected chi connectivity index (χ2v) is 14.5. The third-order valence-corrected chi connectivity index (χ3v) is 9.22. The molecule has 0 unspecified atom stereocenters. The molecule has 8 nitrogen and oxygen atoms in total. The van der Waals surface area contributed by atoms with E-state index in [1.807, 2.05) is 6.92 Å². The number of piperazine rings is 1. The van der Waals surface area contributed by atoms with Crippen LogP contribution in [0, 0.1) is 6.92 Å². The van der Waals surface area contributed by atoms with Gasteiger partial charge in [-0.15, -0.1) is 0 Å². The number of carbonyl (C=O) groups excluding carboxylic acids is 2. The fraction of sp³-hybridized carbons (Fsp3) is 0.533. The zero-order valence-corrected chi connectivity index (χ0v) is 24.7. The lowest BCUT2D eigenvalue weighted by atomic mass is 9.86. The quantitative estimate of drug-likeness (QED) is 0.484.